The van der Waals surface area contributed by atoms with Gasteiger partial charge in [-0.05, 0) is 47.7 Å². The third-order valence-electron chi connectivity index (χ3n) is 3.05. The van der Waals surface area contributed by atoms with Crippen LogP contribution in [0.4, 0.5) is 10.5 Å². The Morgan fingerprint density at radius 1 is 0.955 bits per heavy atom. The zero-order valence-corrected chi connectivity index (χ0v) is 12.1. The fourth-order valence-corrected chi connectivity index (χ4v) is 2.93. The molecular weight excluding hydrogens is 302 g/mol. The molecule has 0 saturated carbocycles. The van der Waals surface area contributed by atoms with Crippen molar-refractivity contribution in [1.82, 2.24) is 0 Å². The smallest absolute Gasteiger partial charge is 0.298 e. The first-order valence-corrected chi connectivity index (χ1v) is 7.22. The summed E-state index contributed by atoms with van der Waals surface area (Å²) in [5.74, 6) is -0.390. The summed E-state index contributed by atoms with van der Waals surface area (Å²) in [7, 11) is 0. The first-order valence-electron chi connectivity index (χ1n) is 6.40. The number of benzene rings is 2. The van der Waals surface area contributed by atoms with Gasteiger partial charge in [0.2, 0.25) is 0 Å². The number of amides is 2. The van der Waals surface area contributed by atoms with Crippen LogP contribution in [0, 0.1) is 0 Å². The normalized spacial score (nSPS) is 16.5. The molecule has 2 aromatic carbocycles. The Morgan fingerprint density at radius 3 is 2.32 bits per heavy atom. The summed E-state index contributed by atoms with van der Waals surface area (Å²) in [6.07, 6.45) is 1.55. The number of phenols is 2. The average molecular weight is 313 g/mol. The van der Waals surface area contributed by atoms with E-state index in [1.165, 1.54) is 24.3 Å². The highest BCUT2D eigenvalue weighted by atomic mass is 32.2. The number of hydrogen-bond donors (Lipinski definition) is 2. The Bertz CT molecular complexity index is 800. The monoisotopic (exact) mass is 313 g/mol. The van der Waals surface area contributed by atoms with Gasteiger partial charge in [-0.2, -0.15) is 0 Å². The lowest BCUT2D eigenvalue weighted by Gasteiger charge is -2.12. The summed E-state index contributed by atoms with van der Waals surface area (Å²) < 4.78 is 0. The van der Waals surface area contributed by atoms with Gasteiger partial charge >= 0.3 is 0 Å². The van der Waals surface area contributed by atoms with Crippen LogP contribution < -0.4 is 4.90 Å². The van der Waals surface area contributed by atoms with E-state index in [1.54, 1.807) is 30.3 Å². The highest BCUT2D eigenvalue weighted by molar-refractivity contribution is 8.19. The minimum Gasteiger partial charge on any atom is -0.508 e. The quantitative estimate of drug-likeness (QED) is 0.831. The van der Waals surface area contributed by atoms with Crippen LogP contribution >= 0.6 is 11.8 Å². The van der Waals surface area contributed by atoms with Gasteiger partial charge in [-0.3, -0.25) is 9.59 Å². The molecule has 2 N–H and O–H groups in total. The number of carbonyl (C=O) groups is 2. The zero-order valence-electron chi connectivity index (χ0n) is 11.3. The SMILES string of the molecule is O=C1S/C(=C\c2cccc(O)c2)C(=O)N1c1cccc(O)c1. The highest BCUT2D eigenvalue weighted by Gasteiger charge is 2.36. The average Bonchev–Trinajstić information content (AvgIpc) is 2.73. The van der Waals surface area contributed by atoms with E-state index in [1.807, 2.05) is 0 Å². The summed E-state index contributed by atoms with van der Waals surface area (Å²) in [6, 6.07) is 12.4. The van der Waals surface area contributed by atoms with E-state index >= 15 is 0 Å². The number of thioether (sulfide) groups is 1. The van der Waals surface area contributed by atoms with Crippen molar-refractivity contribution in [3.63, 3.8) is 0 Å². The van der Waals surface area contributed by atoms with E-state index < -0.39 is 11.1 Å². The predicted octanol–water partition coefficient (Wildman–Crippen LogP) is 3.34. The number of imide groups is 1. The van der Waals surface area contributed by atoms with Gasteiger partial charge in [0.25, 0.3) is 11.1 Å². The zero-order chi connectivity index (χ0) is 15.7. The molecule has 0 aliphatic carbocycles. The van der Waals surface area contributed by atoms with E-state index in [9.17, 15) is 19.8 Å². The van der Waals surface area contributed by atoms with E-state index in [-0.39, 0.29) is 16.4 Å². The van der Waals surface area contributed by atoms with E-state index in [4.69, 9.17) is 0 Å². The van der Waals surface area contributed by atoms with Crippen molar-refractivity contribution in [1.29, 1.82) is 0 Å². The van der Waals surface area contributed by atoms with Gasteiger partial charge in [0.1, 0.15) is 11.5 Å². The topological polar surface area (TPSA) is 77.8 Å². The molecule has 2 amide bonds. The van der Waals surface area contributed by atoms with Crippen molar-refractivity contribution in [2.45, 2.75) is 0 Å². The molecule has 0 radical (unpaired) electrons. The molecule has 1 heterocycles. The molecule has 22 heavy (non-hydrogen) atoms. The van der Waals surface area contributed by atoms with Crippen molar-refractivity contribution < 1.29 is 19.8 Å². The molecule has 1 aliphatic rings. The molecule has 5 nitrogen and oxygen atoms in total. The lowest BCUT2D eigenvalue weighted by atomic mass is 10.2. The fraction of sp³-hybridized carbons (Fsp3) is 0. The predicted molar refractivity (Wildman–Crippen MR) is 84.7 cm³/mol. The number of phenolic OH excluding ortho intramolecular Hbond substituents is 2. The molecule has 110 valence electrons. The second-order valence-electron chi connectivity index (χ2n) is 4.63. The van der Waals surface area contributed by atoms with Crippen LogP contribution in [0.15, 0.2) is 53.4 Å². The Labute approximate surface area is 130 Å². The molecule has 1 aliphatic heterocycles. The summed E-state index contributed by atoms with van der Waals surface area (Å²) in [4.78, 5) is 25.7. The Morgan fingerprint density at radius 2 is 1.64 bits per heavy atom. The molecular formula is C16H11NO4S. The van der Waals surface area contributed by atoms with E-state index in [0.29, 0.717) is 11.3 Å². The molecule has 0 aromatic heterocycles. The van der Waals surface area contributed by atoms with Crippen LogP contribution in [0.3, 0.4) is 0 Å². The largest absolute Gasteiger partial charge is 0.508 e. The number of nitrogens with zero attached hydrogens (tertiary/aromatic N) is 1. The summed E-state index contributed by atoms with van der Waals surface area (Å²) in [5, 5.41) is 18.5. The number of anilines is 1. The van der Waals surface area contributed by atoms with Gasteiger partial charge in [0, 0.05) is 6.07 Å². The standard InChI is InChI=1S/C16H11NO4S/c18-12-5-1-3-10(7-12)8-14-15(20)17(16(21)22-14)11-4-2-6-13(19)9-11/h1-9,18-19H/b14-8-. The van der Waals surface area contributed by atoms with Crippen LogP contribution in [0.1, 0.15) is 5.56 Å². The molecule has 0 bridgehead atoms. The van der Waals surface area contributed by atoms with Crippen molar-refractivity contribution >= 4 is 34.7 Å². The second-order valence-corrected chi connectivity index (χ2v) is 5.63. The van der Waals surface area contributed by atoms with Crippen LogP contribution in [-0.4, -0.2) is 21.4 Å². The lowest BCUT2D eigenvalue weighted by molar-refractivity contribution is -0.113. The van der Waals surface area contributed by atoms with Gasteiger partial charge in [-0.15, -0.1) is 0 Å². The van der Waals surface area contributed by atoms with Gasteiger partial charge in [-0.1, -0.05) is 18.2 Å². The van der Waals surface area contributed by atoms with Crippen molar-refractivity contribution in [2.75, 3.05) is 4.90 Å². The molecule has 2 aromatic rings. The molecule has 1 saturated heterocycles. The number of rotatable bonds is 2. The fourth-order valence-electron chi connectivity index (χ4n) is 2.09. The van der Waals surface area contributed by atoms with Crippen molar-refractivity contribution in [2.24, 2.45) is 0 Å². The third-order valence-corrected chi connectivity index (χ3v) is 3.92. The van der Waals surface area contributed by atoms with E-state index in [0.717, 1.165) is 16.7 Å². The molecule has 0 unspecified atom stereocenters. The molecule has 0 spiro atoms. The van der Waals surface area contributed by atoms with Crippen molar-refractivity contribution in [3.05, 3.63) is 59.0 Å². The van der Waals surface area contributed by atoms with Crippen LogP contribution in [-0.2, 0) is 4.79 Å². The molecule has 1 fully saturated rings. The maximum absolute atomic E-state index is 12.4. The minimum absolute atomic E-state index is 0.0199. The number of aromatic hydroxyl groups is 2. The van der Waals surface area contributed by atoms with Gasteiger partial charge in [-0.25, -0.2) is 4.90 Å². The molecule has 6 heteroatoms. The van der Waals surface area contributed by atoms with Crippen LogP contribution in [0.5, 0.6) is 11.5 Å². The van der Waals surface area contributed by atoms with Gasteiger partial charge < -0.3 is 10.2 Å². The van der Waals surface area contributed by atoms with Crippen LogP contribution in [0.2, 0.25) is 0 Å². The number of hydrogen-bond acceptors (Lipinski definition) is 5. The maximum Gasteiger partial charge on any atom is 0.298 e. The lowest BCUT2D eigenvalue weighted by Crippen LogP contribution is -2.27. The highest BCUT2D eigenvalue weighted by Crippen LogP contribution is 2.36. The van der Waals surface area contributed by atoms with Crippen molar-refractivity contribution in [3.8, 4) is 11.5 Å². The Balaban J connectivity index is 1.95. The van der Waals surface area contributed by atoms with Gasteiger partial charge in [0.05, 0.1) is 10.6 Å². The van der Waals surface area contributed by atoms with Gasteiger partial charge in [0.15, 0.2) is 0 Å². The molecule has 0 atom stereocenters. The third kappa shape index (κ3) is 2.68. The Kier molecular flexibility index (Phi) is 3.60. The second kappa shape index (κ2) is 5.57. The first kappa shape index (κ1) is 14.2. The van der Waals surface area contributed by atoms with Crippen LogP contribution in [0.25, 0.3) is 6.08 Å². The summed E-state index contributed by atoms with van der Waals surface area (Å²) in [5.41, 5.74) is 0.947. The minimum atomic E-state index is -0.455. The number of carbonyl (C=O) groups excluding carboxylic acids is 2. The maximum atomic E-state index is 12.4. The summed E-state index contributed by atoms with van der Waals surface area (Å²) in [6.45, 7) is 0. The first-order chi connectivity index (χ1) is 10.5. The van der Waals surface area contributed by atoms with E-state index in [2.05, 4.69) is 0 Å². The Hall–Kier alpha value is -2.73. The molecule has 3 rings (SSSR count). The summed E-state index contributed by atoms with van der Waals surface area (Å²) >= 11 is 0.818.